The maximum Gasteiger partial charge on any atom is 0.109 e. The van der Waals surface area contributed by atoms with Crippen molar-refractivity contribution in [1.29, 1.82) is 0 Å². The summed E-state index contributed by atoms with van der Waals surface area (Å²) in [6.07, 6.45) is 5.25. The summed E-state index contributed by atoms with van der Waals surface area (Å²) in [5.41, 5.74) is 5.83. The summed E-state index contributed by atoms with van der Waals surface area (Å²) in [5.74, 6) is 1.80. The van der Waals surface area contributed by atoms with Gasteiger partial charge in [0.1, 0.15) is 6.29 Å². The Morgan fingerprint density at radius 3 is 1.93 bits per heavy atom. The highest BCUT2D eigenvalue weighted by Crippen LogP contribution is 2.44. The van der Waals surface area contributed by atoms with Crippen molar-refractivity contribution in [1.82, 2.24) is 10.6 Å². The van der Waals surface area contributed by atoms with Gasteiger partial charge >= 0.3 is 0 Å². The SMILES string of the molecule is NC1NC2CC3CC(S)CC3CC2N1. The Hall–Kier alpha value is 0.230. The second-order valence-electron chi connectivity index (χ2n) is 5.14. The number of nitrogens with one attached hydrogen (secondary N) is 2. The molecular weight excluding hydrogens is 194 g/mol. The largest absolute Gasteiger partial charge is 0.304 e. The zero-order valence-corrected chi connectivity index (χ0v) is 9.21. The molecule has 0 aromatic rings. The first kappa shape index (κ1) is 9.46. The van der Waals surface area contributed by atoms with Crippen LogP contribution < -0.4 is 16.4 Å². The molecule has 0 bridgehead atoms. The molecule has 3 aliphatic rings. The van der Waals surface area contributed by atoms with Gasteiger partial charge in [-0.05, 0) is 37.5 Å². The van der Waals surface area contributed by atoms with Crippen LogP contribution in [0.15, 0.2) is 0 Å². The molecule has 0 amide bonds. The number of hydrogen-bond donors (Lipinski definition) is 4. The number of thiol groups is 1. The minimum atomic E-state index is 0.0237. The van der Waals surface area contributed by atoms with Crippen LogP contribution in [0, 0.1) is 11.8 Å². The normalized spacial score (nSPS) is 57.0. The van der Waals surface area contributed by atoms with Gasteiger partial charge < -0.3 is 5.73 Å². The lowest BCUT2D eigenvalue weighted by Crippen LogP contribution is -2.42. The van der Waals surface area contributed by atoms with Crippen molar-refractivity contribution in [3.8, 4) is 0 Å². The Kier molecular flexibility index (Phi) is 2.28. The van der Waals surface area contributed by atoms with Crippen molar-refractivity contribution in [2.75, 3.05) is 0 Å². The van der Waals surface area contributed by atoms with Crippen molar-refractivity contribution < 1.29 is 0 Å². The molecule has 4 atom stereocenters. The molecule has 0 radical (unpaired) electrons. The van der Waals surface area contributed by atoms with Gasteiger partial charge in [-0.25, -0.2) is 0 Å². The first-order chi connectivity index (χ1) is 6.72. The van der Waals surface area contributed by atoms with Crippen molar-refractivity contribution in [2.45, 2.75) is 49.3 Å². The van der Waals surface area contributed by atoms with Crippen molar-refractivity contribution in [3.05, 3.63) is 0 Å². The van der Waals surface area contributed by atoms with E-state index in [0.717, 1.165) is 11.8 Å². The Bertz CT molecular complexity index is 191. The van der Waals surface area contributed by atoms with Crippen LogP contribution in [0.4, 0.5) is 0 Å². The van der Waals surface area contributed by atoms with Crippen LogP contribution in [0.25, 0.3) is 0 Å². The molecule has 0 spiro atoms. The van der Waals surface area contributed by atoms with Gasteiger partial charge in [-0.2, -0.15) is 12.6 Å². The lowest BCUT2D eigenvalue weighted by molar-refractivity contribution is 0.219. The Morgan fingerprint density at radius 1 is 0.929 bits per heavy atom. The summed E-state index contributed by atoms with van der Waals surface area (Å²) >= 11 is 4.61. The summed E-state index contributed by atoms with van der Waals surface area (Å²) in [4.78, 5) is 0. The number of rotatable bonds is 0. The van der Waals surface area contributed by atoms with Crippen LogP contribution in [0.1, 0.15) is 25.7 Å². The van der Waals surface area contributed by atoms with E-state index < -0.39 is 0 Å². The highest BCUT2D eigenvalue weighted by Gasteiger charge is 2.44. The average molecular weight is 213 g/mol. The van der Waals surface area contributed by atoms with Gasteiger partial charge in [0.25, 0.3) is 0 Å². The van der Waals surface area contributed by atoms with Crippen LogP contribution in [0.3, 0.4) is 0 Å². The van der Waals surface area contributed by atoms with E-state index in [-0.39, 0.29) is 6.29 Å². The topological polar surface area (TPSA) is 50.1 Å². The maximum absolute atomic E-state index is 5.83. The molecular formula is C10H19N3S. The fourth-order valence-corrected chi connectivity index (χ4v) is 4.16. The Balaban J connectivity index is 1.71. The summed E-state index contributed by atoms with van der Waals surface area (Å²) in [6, 6.07) is 1.23. The molecule has 4 heteroatoms. The molecule has 3 nitrogen and oxygen atoms in total. The molecule has 0 aromatic carbocycles. The fraction of sp³-hybridized carbons (Fsp3) is 1.00. The van der Waals surface area contributed by atoms with Crippen molar-refractivity contribution in [2.24, 2.45) is 17.6 Å². The van der Waals surface area contributed by atoms with Gasteiger partial charge in [-0.3, -0.25) is 10.6 Å². The monoisotopic (exact) mass is 213 g/mol. The molecule has 3 rings (SSSR count). The van der Waals surface area contributed by atoms with Gasteiger partial charge in [0, 0.05) is 17.3 Å². The van der Waals surface area contributed by atoms with E-state index in [4.69, 9.17) is 5.73 Å². The quantitative estimate of drug-likeness (QED) is 0.437. The van der Waals surface area contributed by atoms with E-state index in [0.29, 0.717) is 17.3 Å². The van der Waals surface area contributed by atoms with Gasteiger partial charge in [0.05, 0.1) is 0 Å². The lowest BCUT2D eigenvalue weighted by Gasteiger charge is -2.33. The van der Waals surface area contributed by atoms with E-state index in [1.165, 1.54) is 25.7 Å². The van der Waals surface area contributed by atoms with E-state index >= 15 is 0 Å². The Labute approximate surface area is 90.6 Å². The summed E-state index contributed by atoms with van der Waals surface area (Å²) in [5, 5.41) is 7.50. The van der Waals surface area contributed by atoms with Crippen LogP contribution >= 0.6 is 12.6 Å². The van der Waals surface area contributed by atoms with Gasteiger partial charge in [-0.1, -0.05) is 0 Å². The van der Waals surface area contributed by atoms with Crippen LogP contribution in [-0.2, 0) is 0 Å². The first-order valence-corrected chi connectivity index (χ1v) is 6.20. The highest BCUT2D eigenvalue weighted by molar-refractivity contribution is 7.80. The van der Waals surface area contributed by atoms with E-state index in [1.807, 2.05) is 0 Å². The summed E-state index contributed by atoms with van der Waals surface area (Å²) < 4.78 is 0. The van der Waals surface area contributed by atoms with Gasteiger partial charge in [0.2, 0.25) is 0 Å². The van der Waals surface area contributed by atoms with Crippen LogP contribution in [0.5, 0.6) is 0 Å². The molecule has 4 N–H and O–H groups in total. The number of hydrogen-bond acceptors (Lipinski definition) is 4. The molecule has 2 saturated carbocycles. The second-order valence-corrected chi connectivity index (χ2v) is 5.87. The molecule has 14 heavy (non-hydrogen) atoms. The van der Waals surface area contributed by atoms with E-state index in [1.54, 1.807) is 0 Å². The third-order valence-electron chi connectivity index (χ3n) is 4.20. The standard InChI is InChI=1S/C10H19N3S/c11-10-12-8-3-5-1-7(14)2-6(5)4-9(8)13-10/h5-10,12-14H,1-4,11H2. The number of fused-ring (bicyclic) bond motifs is 2. The predicted octanol–water partition coefficient (Wildman–Crippen LogP) is 0.277. The molecule has 80 valence electrons. The maximum atomic E-state index is 5.83. The molecule has 1 saturated heterocycles. The van der Waals surface area contributed by atoms with Crippen molar-refractivity contribution in [3.63, 3.8) is 0 Å². The van der Waals surface area contributed by atoms with E-state index in [2.05, 4.69) is 23.3 Å². The predicted molar refractivity (Wildman–Crippen MR) is 60.0 cm³/mol. The highest BCUT2D eigenvalue weighted by atomic mass is 32.1. The minimum Gasteiger partial charge on any atom is -0.304 e. The minimum absolute atomic E-state index is 0.0237. The van der Waals surface area contributed by atoms with Gasteiger partial charge in [0.15, 0.2) is 0 Å². The number of nitrogens with two attached hydrogens (primary N) is 1. The van der Waals surface area contributed by atoms with Crippen LogP contribution in [-0.4, -0.2) is 23.6 Å². The third-order valence-corrected chi connectivity index (χ3v) is 4.62. The van der Waals surface area contributed by atoms with Crippen molar-refractivity contribution >= 4 is 12.6 Å². The molecule has 4 unspecified atom stereocenters. The fourth-order valence-electron chi connectivity index (χ4n) is 3.62. The zero-order valence-electron chi connectivity index (χ0n) is 8.32. The first-order valence-electron chi connectivity index (χ1n) is 5.68. The average Bonchev–Trinajstić information content (AvgIpc) is 2.59. The zero-order chi connectivity index (χ0) is 9.71. The van der Waals surface area contributed by atoms with E-state index in [9.17, 15) is 0 Å². The lowest BCUT2D eigenvalue weighted by atomic mass is 9.77. The molecule has 0 aromatic heterocycles. The second kappa shape index (κ2) is 3.37. The molecule has 1 heterocycles. The third kappa shape index (κ3) is 1.48. The summed E-state index contributed by atoms with van der Waals surface area (Å²) in [7, 11) is 0. The molecule has 1 aliphatic heterocycles. The smallest absolute Gasteiger partial charge is 0.109 e. The van der Waals surface area contributed by atoms with Crippen LogP contribution in [0.2, 0.25) is 0 Å². The summed E-state index contributed by atoms with van der Waals surface area (Å²) in [6.45, 7) is 0. The molecule has 3 fully saturated rings. The Morgan fingerprint density at radius 2 is 1.43 bits per heavy atom. The molecule has 2 aliphatic carbocycles. The van der Waals surface area contributed by atoms with Gasteiger partial charge in [-0.15, -0.1) is 0 Å².